The third-order valence-electron chi connectivity index (χ3n) is 8.27. The highest BCUT2D eigenvalue weighted by Gasteiger charge is 2.08. The molecule has 2 aromatic carbocycles. The van der Waals surface area contributed by atoms with Crippen LogP contribution in [0, 0.1) is 0 Å². The van der Waals surface area contributed by atoms with Crippen molar-refractivity contribution in [1.82, 2.24) is 10.2 Å². The van der Waals surface area contributed by atoms with Gasteiger partial charge in [0.1, 0.15) is 24.5 Å². The van der Waals surface area contributed by atoms with Crippen molar-refractivity contribution >= 4 is 34.1 Å². The monoisotopic (exact) mass is 726 g/mol. The summed E-state index contributed by atoms with van der Waals surface area (Å²) in [6.45, 7) is 5.37. The maximum absolute atomic E-state index is 9.27. The lowest BCUT2D eigenvalue weighted by Crippen LogP contribution is -2.34. The van der Waals surface area contributed by atoms with E-state index in [4.69, 9.17) is 0 Å². The summed E-state index contributed by atoms with van der Waals surface area (Å²) in [7, 11) is 2.07. The second-order valence-electron chi connectivity index (χ2n) is 12.4. The van der Waals surface area contributed by atoms with Crippen molar-refractivity contribution in [2.45, 2.75) is 25.9 Å². The highest BCUT2D eigenvalue weighted by molar-refractivity contribution is 5.54. The van der Waals surface area contributed by atoms with Crippen molar-refractivity contribution in [3.8, 4) is 0 Å². The van der Waals surface area contributed by atoms with Crippen LogP contribution in [0.4, 0.5) is 34.1 Å². The smallest absolute Gasteiger partial charge is 0.196 e. The zero-order chi connectivity index (χ0) is 37.5. The van der Waals surface area contributed by atoms with Crippen LogP contribution in [0.25, 0.3) is 0 Å². The fraction of sp³-hybridized carbons (Fsp3) is 0.385. The van der Waals surface area contributed by atoms with E-state index in [1.165, 1.54) is 0 Å². The van der Waals surface area contributed by atoms with Gasteiger partial charge < -0.3 is 40.4 Å². The highest BCUT2D eigenvalue weighted by Crippen LogP contribution is 2.23. The van der Waals surface area contributed by atoms with Gasteiger partial charge in [0.2, 0.25) is 0 Å². The molecular weight excluding hydrogens is 672 g/mol. The molecule has 282 valence electrons. The van der Waals surface area contributed by atoms with E-state index < -0.39 is 0 Å². The predicted molar refractivity (Wildman–Crippen MR) is 206 cm³/mol. The van der Waals surface area contributed by atoms with Crippen LogP contribution < -0.4 is 24.3 Å². The van der Waals surface area contributed by atoms with Crippen LogP contribution in [0.3, 0.4) is 0 Å². The van der Waals surface area contributed by atoms with E-state index in [1.807, 2.05) is 114 Å². The van der Waals surface area contributed by atoms with E-state index in [2.05, 4.69) is 53.1 Å². The standard InChI is InChI=1S/C39H54N10O4/c1-45(18-5-22-47-20-3-7-37(33-47)44-42-35-10-14-39(15-11-35)49(26-30-52)27-31-53)23-17-40-16-4-21-46-19-2-6-36(32-46)43-41-34-8-12-38(13-9-34)48(24-28-50)25-29-51/h2-3,6-15,17,19-20,23,32-33,40,50-53H,4-5,16,18,21-22,24-31H2,1H3/q+2/b23-17-,43-41?,44-42?. The molecule has 0 radical (unpaired) electrons. The molecule has 0 aliphatic carbocycles. The molecule has 0 fully saturated rings. The second-order valence-corrected chi connectivity index (χ2v) is 12.4. The average molecular weight is 727 g/mol. The van der Waals surface area contributed by atoms with Gasteiger partial charge in [0.05, 0.1) is 37.8 Å². The molecule has 4 aromatic rings. The zero-order valence-electron chi connectivity index (χ0n) is 30.6. The van der Waals surface area contributed by atoms with Crippen molar-refractivity contribution in [3.63, 3.8) is 0 Å². The Morgan fingerprint density at radius 2 is 1.00 bits per heavy atom. The van der Waals surface area contributed by atoms with Crippen molar-refractivity contribution in [1.29, 1.82) is 0 Å². The molecule has 0 saturated carbocycles. The molecule has 0 aliphatic rings. The van der Waals surface area contributed by atoms with Crippen molar-refractivity contribution < 1.29 is 29.6 Å². The van der Waals surface area contributed by atoms with Gasteiger partial charge >= 0.3 is 0 Å². The normalized spacial score (nSPS) is 11.6. The van der Waals surface area contributed by atoms with Crippen molar-refractivity contribution in [2.75, 3.05) is 82.5 Å². The SMILES string of the molecule is CN(/C=C\NCCC[n+]1cccc(N=Nc2ccc(N(CCO)CCO)cc2)c1)CCC[n+]1cccc(N=Nc2ccc(N(CCO)CCO)cc2)c1. The van der Waals surface area contributed by atoms with Crippen molar-refractivity contribution in [2.24, 2.45) is 20.5 Å². The Labute approximate surface area is 312 Å². The molecule has 0 amide bonds. The van der Waals surface area contributed by atoms with Gasteiger partial charge in [-0.2, -0.15) is 10.2 Å². The molecule has 14 nitrogen and oxygen atoms in total. The molecule has 2 heterocycles. The van der Waals surface area contributed by atoms with E-state index in [0.29, 0.717) is 26.2 Å². The first-order valence-electron chi connectivity index (χ1n) is 18.1. The van der Waals surface area contributed by atoms with Gasteiger partial charge in [0.25, 0.3) is 0 Å². The lowest BCUT2D eigenvalue weighted by Gasteiger charge is -2.22. The first kappa shape index (κ1) is 40.5. The summed E-state index contributed by atoms with van der Waals surface area (Å²) in [6, 6.07) is 23.0. The fourth-order valence-electron chi connectivity index (χ4n) is 5.53. The first-order valence-corrected chi connectivity index (χ1v) is 18.1. The Bertz CT molecular complexity index is 1690. The Morgan fingerprint density at radius 3 is 1.45 bits per heavy atom. The van der Waals surface area contributed by atoms with Gasteiger partial charge in [-0.25, -0.2) is 9.13 Å². The Kier molecular flexibility index (Phi) is 17.8. The maximum atomic E-state index is 9.27. The molecule has 5 N–H and O–H groups in total. The first-order chi connectivity index (χ1) is 26.0. The summed E-state index contributed by atoms with van der Waals surface area (Å²) in [5.41, 5.74) is 4.84. The number of aliphatic hydroxyl groups is 4. The van der Waals surface area contributed by atoms with Crippen LogP contribution in [-0.4, -0.2) is 98.1 Å². The zero-order valence-corrected chi connectivity index (χ0v) is 30.6. The number of aromatic nitrogens is 2. The summed E-state index contributed by atoms with van der Waals surface area (Å²) in [6.07, 6.45) is 14.0. The fourth-order valence-corrected chi connectivity index (χ4v) is 5.53. The molecule has 14 heteroatoms. The molecule has 4 rings (SSSR count). The van der Waals surface area contributed by atoms with Crippen LogP contribution in [0.1, 0.15) is 12.8 Å². The summed E-state index contributed by atoms with van der Waals surface area (Å²) in [5.74, 6) is 0. The number of azo groups is 2. The van der Waals surface area contributed by atoms with Gasteiger partial charge in [0.15, 0.2) is 24.8 Å². The molecule has 0 spiro atoms. The quantitative estimate of drug-likeness (QED) is 0.0409. The average Bonchev–Trinajstić information content (AvgIpc) is 3.18. The van der Waals surface area contributed by atoms with Crippen LogP contribution in [0.15, 0.2) is 130 Å². The number of hydrogen-bond acceptors (Lipinski definition) is 12. The molecule has 2 aromatic heterocycles. The van der Waals surface area contributed by atoms with Crippen LogP contribution >= 0.6 is 0 Å². The van der Waals surface area contributed by atoms with Gasteiger partial charge in [-0.05, 0) is 60.7 Å². The minimum absolute atomic E-state index is 0.0220. The summed E-state index contributed by atoms with van der Waals surface area (Å²) < 4.78 is 4.23. The lowest BCUT2D eigenvalue weighted by atomic mass is 10.2. The summed E-state index contributed by atoms with van der Waals surface area (Å²) >= 11 is 0. The number of benzene rings is 2. The number of pyridine rings is 2. The minimum Gasteiger partial charge on any atom is -0.395 e. The number of aliphatic hydroxyl groups excluding tert-OH is 4. The van der Waals surface area contributed by atoms with Crippen molar-refractivity contribution in [3.05, 3.63) is 110 Å². The van der Waals surface area contributed by atoms with Gasteiger partial charge in [-0.1, -0.05) is 0 Å². The third-order valence-corrected chi connectivity index (χ3v) is 8.27. The molecule has 0 bridgehead atoms. The molecule has 0 unspecified atom stereocenters. The molecule has 0 saturated heterocycles. The van der Waals surface area contributed by atoms with E-state index in [0.717, 1.165) is 73.1 Å². The van der Waals surface area contributed by atoms with E-state index in [-0.39, 0.29) is 26.4 Å². The number of hydrogen-bond donors (Lipinski definition) is 5. The summed E-state index contributed by atoms with van der Waals surface area (Å²) in [4.78, 5) is 6.01. The number of rotatable bonds is 24. The lowest BCUT2D eigenvalue weighted by molar-refractivity contribution is -0.696. The van der Waals surface area contributed by atoms with Gasteiger partial charge in [-0.3, -0.25) is 0 Å². The largest absolute Gasteiger partial charge is 0.395 e. The number of aryl methyl sites for hydroxylation is 2. The number of anilines is 2. The Hall–Kier alpha value is -5.28. The van der Waals surface area contributed by atoms with E-state index in [1.54, 1.807) is 0 Å². The molecular formula is C39H54N10O4+2. The molecule has 0 atom stereocenters. The molecule has 0 aliphatic heterocycles. The van der Waals surface area contributed by atoms with Gasteiger partial charge in [0, 0.05) is 95.1 Å². The number of nitrogens with zero attached hydrogens (tertiary/aromatic N) is 9. The highest BCUT2D eigenvalue weighted by atomic mass is 16.3. The number of nitrogens with one attached hydrogen (secondary N) is 1. The van der Waals surface area contributed by atoms with E-state index >= 15 is 0 Å². The molecule has 53 heavy (non-hydrogen) atoms. The van der Waals surface area contributed by atoms with Crippen LogP contribution in [-0.2, 0) is 13.1 Å². The second kappa shape index (κ2) is 23.3. The Balaban J connectivity index is 1.13. The van der Waals surface area contributed by atoms with Gasteiger partial charge in [-0.15, -0.1) is 10.2 Å². The van der Waals surface area contributed by atoms with Crippen LogP contribution in [0.5, 0.6) is 0 Å². The van der Waals surface area contributed by atoms with E-state index in [9.17, 15) is 20.4 Å². The topological polar surface area (TPSA) is 160 Å². The van der Waals surface area contributed by atoms with Crippen LogP contribution in [0.2, 0.25) is 0 Å². The third kappa shape index (κ3) is 14.7. The summed E-state index contributed by atoms with van der Waals surface area (Å²) in [5, 5.41) is 58.0. The Morgan fingerprint density at radius 1 is 0.566 bits per heavy atom. The maximum Gasteiger partial charge on any atom is 0.196 e. The predicted octanol–water partition coefficient (Wildman–Crippen LogP) is 4.15. The minimum atomic E-state index is 0.0220.